The average Bonchev–Trinajstić information content (AvgIpc) is 2.72. The number of hydrogen-bond acceptors (Lipinski definition) is 3. The zero-order chi connectivity index (χ0) is 11.9. The molecular formula is C12H22O3. The Hall–Kier alpha value is -0.570. The molecule has 2 atom stereocenters. The van der Waals surface area contributed by atoms with Crippen LogP contribution < -0.4 is 0 Å². The molecule has 0 radical (unpaired) electrons. The standard InChI is InChI=1S/C12H22O3/c1-8(2)7-12(10(13)14-6)11(5,15-12)9(3)4/h8-9H,7H2,1-6H3. The summed E-state index contributed by atoms with van der Waals surface area (Å²) in [5.41, 5.74) is -1.06. The summed E-state index contributed by atoms with van der Waals surface area (Å²) in [7, 11) is 1.42. The average molecular weight is 214 g/mol. The number of carbonyl (C=O) groups excluding carboxylic acids is 1. The van der Waals surface area contributed by atoms with E-state index in [0.717, 1.165) is 6.42 Å². The van der Waals surface area contributed by atoms with Gasteiger partial charge in [0.1, 0.15) is 5.60 Å². The van der Waals surface area contributed by atoms with Crippen molar-refractivity contribution in [3.63, 3.8) is 0 Å². The molecule has 1 saturated heterocycles. The van der Waals surface area contributed by atoms with Gasteiger partial charge >= 0.3 is 5.97 Å². The number of rotatable bonds is 4. The van der Waals surface area contributed by atoms with Crippen molar-refractivity contribution in [2.75, 3.05) is 7.11 Å². The predicted molar refractivity (Wildman–Crippen MR) is 58.5 cm³/mol. The van der Waals surface area contributed by atoms with Crippen LogP contribution in [-0.4, -0.2) is 24.3 Å². The van der Waals surface area contributed by atoms with Gasteiger partial charge < -0.3 is 9.47 Å². The second-order valence-corrected chi connectivity index (χ2v) is 5.28. The molecular weight excluding hydrogens is 192 g/mol. The molecule has 1 rings (SSSR count). The molecule has 0 aromatic carbocycles. The second-order valence-electron chi connectivity index (χ2n) is 5.28. The Morgan fingerprint density at radius 3 is 2.13 bits per heavy atom. The van der Waals surface area contributed by atoms with E-state index in [1.54, 1.807) is 0 Å². The highest BCUT2D eigenvalue weighted by atomic mass is 16.7. The molecule has 0 amide bonds. The van der Waals surface area contributed by atoms with Crippen LogP contribution in [0.2, 0.25) is 0 Å². The molecule has 1 fully saturated rings. The number of methoxy groups -OCH3 is 1. The van der Waals surface area contributed by atoms with Gasteiger partial charge in [-0.1, -0.05) is 27.7 Å². The molecule has 2 unspecified atom stereocenters. The van der Waals surface area contributed by atoms with E-state index in [2.05, 4.69) is 27.7 Å². The highest BCUT2D eigenvalue weighted by Gasteiger charge is 2.73. The number of ether oxygens (including phenoxy) is 2. The number of hydrogen-bond donors (Lipinski definition) is 0. The Morgan fingerprint density at radius 2 is 1.87 bits per heavy atom. The van der Waals surface area contributed by atoms with Crippen molar-refractivity contribution in [2.24, 2.45) is 11.8 Å². The molecule has 1 aliphatic heterocycles. The van der Waals surface area contributed by atoms with E-state index in [0.29, 0.717) is 11.8 Å². The van der Waals surface area contributed by atoms with Gasteiger partial charge in [-0.15, -0.1) is 0 Å². The minimum absolute atomic E-state index is 0.229. The molecule has 0 saturated carbocycles. The zero-order valence-corrected chi connectivity index (χ0v) is 10.6. The van der Waals surface area contributed by atoms with Crippen molar-refractivity contribution in [1.29, 1.82) is 0 Å². The second kappa shape index (κ2) is 3.78. The number of esters is 1. The molecule has 88 valence electrons. The van der Waals surface area contributed by atoms with Crippen LogP contribution in [-0.2, 0) is 14.3 Å². The van der Waals surface area contributed by atoms with Crippen molar-refractivity contribution < 1.29 is 14.3 Å². The summed E-state index contributed by atoms with van der Waals surface area (Å²) in [6, 6.07) is 0. The minimum Gasteiger partial charge on any atom is -0.467 e. The summed E-state index contributed by atoms with van der Waals surface area (Å²) in [5.74, 6) is 0.507. The molecule has 3 heteroatoms. The van der Waals surface area contributed by atoms with Crippen molar-refractivity contribution in [3.8, 4) is 0 Å². The van der Waals surface area contributed by atoms with E-state index in [-0.39, 0.29) is 11.6 Å². The fourth-order valence-corrected chi connectivity index (χ4v) is 2.23. The maximum absolute atomic E-state index is 11.8. The Bertz CT molecular complexity index is 260. The largest absolute Gasteiger partial charge is 0.467 e. The molecule has 0 aromatic rings. The highest BCUT2D eigenvalue weighted by Crippen LogP contribution is 2.56. The molecule has 0 spiro atoms. The lowest BCUT2D eigenvalue weighted by atomic mass is 9.80. The predicted octanol–water partition coefficient (Wildman–Crippen LogP) is 2.39. The molecule has 15 heavy (non-hydrogen) atoms. The van der Waals surface area contributed by atoms with Crippen LogP contribution >= 0.6 is 0 Å². The van der Waals surface area contributed by atoms with Gasteiger partial charge in [-0.05, 0) is 25.2 Å². The summed E-state index contributed by atoms with van der Waals surface area (Å²) in [6.07, 6.45) is 0.731. The number of epoxide rings is 1. The Labute approximate surface area is 92.1 Å². The van der Waals surface area contributed by atoms with Gasteiger partial charge in [0.2, 0.25) is 0 Å². The molecule has 1 heterocycles. The van der Waals surface area contributed by atoms with Gasteiger partial charge in [-0.2, -0.15) is 0 Å². The van der Waals surface area contributed by atoms with E-state index >= 15 is 0 Å². The maximum Gasteiger partial charge on any atom is 0.341 e. The first-order chi connectivity index (χ1) is 6.80. The molecule has 3 nitrogen and oxygen atoms in total. The quantitative estimate of drug-likeness (QED) is 0.533. The smallest absolute Gasteiger partial charge is 0.341 e. The van der Waals surface area contributed by atoms with E-state index in [1.165, 1.54) is 7.11 Å². The Balaban J connectivity index is 2.89. The Kier molecular flexibility index (Phi) is 3.15. The first-order valence-electron chi connectivity index (χ1n) is 5.58. The summed E-state index contributed by atoms with van der Waals surface area (Å²) < 4.78 is 10.6. The summed E-state index contributed by atoms with van der Waals surface area (Å²) >= 11 is 0. The van der Waals surface area contributed by atoms with Crippen molar-refractivity contribution >= 4 is 5.97 Å². The minimum atomic E-state index is -0.704. The summed E-state index contributed by atoms with van der Waals surface area (Å²) in [6.45, 7) is 10.3. The van der Waals surface area contributed by atoms with Crippen molar-refractivity contribution in [2.45, 2.75) is 52.2 Å². The third-order valence-electron chi connectivity index (χ3n) is 3.46. The van der Waals surface area contributed by atoms with E-state index in [1.807, 2.05) is 6.92 Å². The normalized spacial score (nSPS) is 34.7. The van der Waals surface area contributed by atoms with Crippen LogP contribution in [0.1, 0.15) is 41.0 Å². The fourth-order valence-electron chi connectivity index (χ4n) is 2.23. The SMILES string of the molecule is COC(=O)C1(CC(C)C)OC1(C)C(C)C. The van der Waals surface area contributed by atoms with Crippen LogP contribution in [0.25, 0.3) is 0 Å². The van der Waals surface area contributed by atoms with Crippen LogP contribution in [0.4, 0.5) is 0 Å². The van der Waals surface area contributed by atoms with Crippen LogP contribution in [0.5, 0.6) is 0 Å². The molecule has 0 aliphatic carbocycles. The zero-order valence-electron chi connectivity index (χ0n) is 10.6. The van der Waals surface area contributed by atoms with Crippen molar-refractivity contribution in [3.05, 3.63) is 0 Å². The lowest BCUT2D eigenvalue weighted by Crippen LogP contribution is -2.37. The van der Waals surface area contributed by atoms with Gasteiger partial charge in [0.05, 0.1) is 7.11 Å². The third-order valence-corrected chi connectivity index (χ3v) is 3.46. The van der Waals surface area contributed by atoms with Gasteiger partial charge in [0, 0.05) is 0 Å². The summed E-state index contributed by atoms with van der Waals surface area (Å²) in [5, 5.41) is 0. The molecule has 0 aromatic heterocycles. The third kappa shape index (κ3) is 1.78. The van der Waals surface area contributed by atoms with Crippen LogP contribution in [0.3, 0.4) is 0 Å². The molecule has 1 aliphatic rings. The Morgan fingerprint density at radius 1 is 1.33 bits per heavy atom. The topological polar surface area (TPSA) is 38.8 Å². The van der Waals surface area contributed by atoms with Gasteiger partial charge in [-0.25, -0.2) is 4.79 Å². The van der Waals surface area contributed by atoms with Crippen LogP contribution in [0.15, 0.2) is 0 Å². The monoisotopic (exact) mass is 214 g/mol. The van der Waals surface area contributed by atoms with E-state index in [4.69, 9.17) is 9.47 Å². The lowest BCUT2D eigenvalue weighted by molar-refractivity contribution is -0.147. The maximum atomic E-state index is 11.8. The van der Waals surface area contributed by atoms with Gasteiger partial charge in [0.25, 0.3) is 0 Å². The lowest BCUT2D eigenvalue weighted by Gasteiger charge is -2.19. The first kappa shape index (κ1) is 12.5. The van der Waals surface area contributed by atoms with Gasteiger partial charge in [-0.3, -0.25) is 0 Å². The van der Waals surface area contributed by atoms with E-state index in [9.17, 15) is 4.79 Å². The molecule has 0 N–H and O–H groups in total. The first-order valence-corrected chi connectivity index (χ1v) is 5.58. The highest BCUT2D eigenvalue weighted by molar-refractivity contribution is 5.84. The van der Waals surface area contributed by atoms with E-state index < -0.39 is 5.60 Å². The molecule has 0 bridgehead atoms. The van der Waals surface area contributed by atoms with Crippen LogP contribution in [0, 0.1) is 11.8 Å². The van der Waals surface area contributed by atoms with Crippen molar-refractivity contribution in [1.82, 2.24) is 0 Å². The summed E-state index contributed by atoms with van der Waals surface area (Å²) in [4.78, 5) is 11.8. The number of carbonyl (C=O) groups is 1. The fraction of sp³-hybridized carbons (Fsp3) is 0.917. The van der Waals surface area contributed by atoms with Gasteiger partial charge in [0.15, 0.2) is 5.60 Å².